The molecule has 0 fully saturated rings. The fraction of sp³-hybridized carbons (Fsp3) is 0.286. The highest BCUT2D eigenvalue weighted by atomic mass is 16.5. The number of esters is 2. The van der Waals surface area contributed by atoms with Gasteiger partial charge in [0.2, 0.25) is 11.8 Å². The van der Waals surface area contributed by atoms with E-state index in [1.807, 2.05) is 6.92 Å². The number of hydrogen-bond donors (Lipinski definition) is 1. The summed E-state index contributed by atoms with van der Waals surface area (Å²) in [5.74, 6) is -2.69. The van der Waals surface area contributed by atoms with Crippen LogP contribution in [-0.4, -0.2) is 37.6 Å². The van der Waals surface area contributed by atoms with Crippen molar-refractivity contribution in [3.8, 4) is 5.75 Å². The molecule has 0 radical (unpaired) electrons. The van der Waals surface area contributed by atoms with E-state index in [-0.39, 0.29) is 47.1 Å². The zero-order valence-electron chi connectivity index (χ0n) is 20.9. The third-order valence-corrected chi connectivity index (χ3v) is 6.67. The minimum absolute atomic E-state index is 0.000552. The van der Waals surface area contributed by atoms with Crippen molar-refractivity contribution in [1.82, 2.24) is 0 Å². The lowest BCUT2D eigenvalue weighted by molar-refractivity contribution is -0.142. The molecule has 2 aliphatic rings. The Morgan fingerprint density at radius 3 is 2.53 bits per heavy atom. The van der Waals surface area contributed by atoms with E-state index in [1.54, 1.807) is 55.5 Å². The van der Waals surface area contributed by atoms with Gasteiger partial charge in [0.1, 0.15) is 28.7 Å². The van der Waals surface area contributed by atoms with Crippen molar-refractivity contribution >= 4 is 34.5 Å². The summed E-state index contributed by atoms with van der Waals surface area (Å²) in [4.78, 5) is 55.4. The van der Waals surface area contributed by atoms with Crippen molar-refractivity contribution in [2.75, 3.05) is 24.7 Å². The van der Waals surface area contributed by atoms with E-state index in [2.05, 4.69) is 0 Å². The smallest absolute Gasteiger partial charge is 0.345 e. The van der Waals surface area contributed by atoms with Crippen LogP contribution in [0.15, 0.2) is 69.2 Å². The van der Waals surface area contributed by atoms with Crippen LogP contribution in [0.3, 0.4) is 0 Å². The predicted octanol–water partition coefficient (Wildman–Crippen LogP) is 2.89. The first-order valence-electron chi connectivity index (χ1n) is 12.3. The van der Waals surface area contributed by atoms with Gasteiger partial charge in [-0.1, -0.05) is 43.7 Å². The van der Waals surface area contributed by atoms with E-state index in [0.717, 1.165) is 6.42 Å². The molecule has 2 N–H and O–H groups in total. The average molecular weight is 519 g/mol. The van der Waals surface area contributed by atoms with Crippen molar-refractivity contribution in [1.29, 1.82) is 0 Å². The predicted molar refractivity (Wildman–Crippen MR) is 136 cm³/mol. The fourth-order valence-electron chi connectivity index (χ4n) is 5.09. The van der Waals surface area contributed by atoms with Crippen LogP contribution in [0, 0.1) is 0 Å². The highest BCUT2D eigenvalue weighted by molar-refractivity contribution is 6.20. The van der Waals surface area contributed by atoms with E-state index < -0.39 is 35.4 Å². The zero-order chi connectivity index (χ0) is 27.0. The number of amides is 1. The average Bonchev–Trinajstić information content (AvgIpc) is 3.12. The minimum atomic E-state index is -2.07. The molecule has 2 aromatic carbocycles. The first-order valence-corrected chi connectivity index (χ1v) is 12.3. The van der Waals surface area contributed by atoms with Crippen LogP contribution in [0.25, 0.3) is 11.0 Å². The van der Waals surface area contributed by atoms with Gasteiger partial charge in [0.15, 0.2) is 5.75 Å². The first-order chi connectivity index (χ1) is 18.4. The lowest BCUT2D eigenvalue weighted by Crippen LogP contribution is -2.51. The van der Waals surface area contributed by atoms with Crippen LogP contribution in [-0.2, 0) is 29.3 Å². The number of fused-ring (bicyclic) bond motifs is 6. The Hall–Kier alpha value is -4.60. The van der Waals surface area contributed by atoms with Gasteiger partial charge in [0.05, 0.1) is 18.6 Å². The van der Waals surface area contributed by atoms with Crippen LogP contribution in [0.4, 0.5) is 5.69 Å². The lowest BCUT2D eigenvalue weighted by Gasteiger charge is -2.35. The fourth-order valence-corrected chi connectivity index (χ4v) is 5.09. The van der Waals surface area contributed by atoms with Gasteiger partial charge in [-0.2, -0.15) is 0 Å². The Labute approximate surface area is 217 Å². The molecule has 1 spiro atoms. The van der Waals surface area contributed by atoms with Crippen molar-refractivity contribution < 1.29 is 33.0 Å². The van der Waals surface area contributed by atoms with Crippen molar-refractivity contribution in [2.45, 2.75) is 32.1 Å². The third kappa shape index (κ3) is 3.63. The molecule has 196 valence electrons. The molecule has 1 atom stereocenters. The Bertz CT molecular complexity index is 1560. The maximum absolute atomic E-state index is 14.5. The summed E-state index contributed by atoms with van der Waals surface area (Å²) >= 11 is 0. The maximum Gasteiger partial charge on any atom is 0.345 e. The van der Waals surface area contributed by atoms with Gasteiger partial charge in [0, 0.05) is 11.3 Å². The molecule has 10 nitrogen and oxygen atoms in total. The molecule has 5 rings (SSSR count). The van der Waals surface area contributed by atoms with Crippen LogP contribution < -0.4 is 21.0 Å². The highest BCUT2D eigenvalue weighted by Crippen LogP contribution is 2.55. The van der Waals surface area contributed by atoms with Gasteiger partial charge in [-0.15, -0.1) is 0 Å². The minimum Gasteiger partial charge on any atom is -0.465 e. The summed E-state index contributed by atoms with van der Waals surface area (Å²) in [7, 11) is 0. The summed E-state index contributed by atoms with van der Waals surface area (Å²) in [6.07, 6.45) is 1.34. The second-order valence-electron chi connectivity index (χ2n) is 8.88. The van der Waals surface area contributed by atoms with Crippen molar-refractivity contribution in [2.24, 2.45) is 5.73 Å². The summed E-state index contributed by atoms with van der Waals surface area (Å²) < 4.78 is 22.1. The molecule has 3 aromatic rings. The SMILES string of the molecule is CCCCOC(=O)C1=C(N)Oc2c(c(=O)oc3ccccc23)[C@]12C(=O)N(CC(=O)OCC)c1ccccc12. The molecule has 10 heteroatoms. The topological polar surface area (TPSA) is 138 Å². The Morgan fingerprint density at radius 2 is 1.76 bits per heavy atom. The number of carbonyl (C=O) groups is 3. The Morgan fingerprint density at radius 1 is 1.03 bits per heavy atom. The monoisotopic (exact) mass is 518 g/mol. The number of benzene rings is 2. The number of unbranched alkanes of at least 4 members (excludes halogenated alkanes) is 1. The largest absolute Gasteiger partial charge is 0.465 e. The number of nitrogens with zero attached hydrogens (tertiary/aromatic N) is 1. The van der Waals surface area contributed by atoms with Gasteiger partial charge < -0.3 is 24.4 Å². The number of ether oxygens (including phenoxy) is 3. The zero-order valence-corrected chi connectivity index (χ0v) is 20.9. The number of para-hydroxylation sites is 2. The number of rotatable bonds is 7. The first kappa shape index (κ1) is 25.1. The standard InChI is InChI=1S/C28H26N2O8/c1-3-5-14-36-25(32)22-24(29)38-23-16-10-6-9-13-19(16)37-26(33)21(23)28(22)17-11-7-8-12-18(17)30(27(28)34)15-20(31)35-4-2/h6-13H,3-5,14-15,29H2,1-2H3/t28-/m0/s1. The normalized spacial score (nSPS) is 17.8. The van der Waals surface area contributed by atoms with Crippen LogP contribution in [0.5, 0.6) is 5.75 Å². The molecule has 0 bridgehead atoms. The van der Waals surface area contributed by atoms with Gasteiger partial charge in [-0.25, -0.2) is 9.59 Å². The van der Waals surface area contributed by atoms with E-state index >= 15 is 0 Å². The Balaban J connectivity index is 1.84. The van der Waals surface area contributed by atoms with Crippen LogP contribution >= 0.6 is 0 Å². The third-order valence-electron chi connectivity index (χ3n) is 6.67. The van der Waals surface area contributed by atoms with Crippen molar-refractivity contribution in [3.63, 3.8) is 0 Å². The molecule has 2 aliphatic heterocycles. The summed E-state index contributed by atoms with van der Waals surface area (Å²) in [5.41, 5.74) is 3.67. The summed E-state index contributed by atoms with van der Waals surface area (Å²) in [6, 6.07) is 13.2. The quantitative estimate of drug-likeness (QED) is 0.284. The van der Waals surface area contributed by atoms with Gasteiger partial charge in [-0.05, 0) is 31.5 Å². The van der Waals surface area contributed by atoms with Gasteiger partial charge in [0.25, 0.3) is 0 Å². The molecular formula is C28H26N2O8. The second kappa shape index (κ2) is 9.70. The Kier molecular flexibility index (Phi) is 6.40. The number of anilines is 1. The van der Waals surface area contributed by atoms with E-state index in [9.17, 15) is 19.2 Å². The van der Waals surface area contributed by atoms with Crippen LogP contribution in [0.1, 0.15) is 37.8 Å². The molecule has 0 unspecified atom stereocenters. The number of nitrogens with two attached hydrogens (primary N) is 1. The summed E-state index contributed by atoms with van der Waals surface area (Å²) in [5, 5.41) is 0.386. The molecule has 0 aliphatic carbocycles. The van der Waals surface area contributed by atoms with Gasteiger partial charge in [-0.3, -0.25) is 14.5 Å². The molecule has 0 saturated heterocycles. The number of hydrogen-bond acceptors (Lipinski definition) is 9. The second-order valence-corrected chi connectivity index (χ2v) is 8.88. The number of carbonyl (C=O) groups excluding carboxylic acids is 3. The molecule has 1 amide bonds. The van der Waals surface area contributed by atoms with Crippen molar-refractivity contribution in [3.05, 3.63) is 81.5 Å². The van der Waals surface area contributed by atoms with Crippen LogP contribution in [0.2, 0.25) is 0 Å². The lowest BCUT2D eigenvalue weighted by atomic mass is 9.68. The molecular weight excluding hydrogens is 492 g/mol. The molecule has 3 heterocycles. The highest BCUT2D eigenvalue weighted by Gasteiger charge is 2.63. The molecule has 0 saturated carbocycles. The van der Waals surface area contributed by atoms with E-state index in [1.165, 1.54) is 4.90 Å². The molecule has 38 heavy (non-hydrogen) atoms. The van der Waals surface area contributed by atoms with E-state index in [4.69, 9.17) is 24.4 Å². The summed E-state index contributed by atoms with van der Waals surface area (Å²) in [6.45, 7) is 3.32. The molecule has 1 aromatic heterocycles. The maximum atomic E-state index is 14.5. The van der Waals surface area contributed by atoms with Gasteiger partial charge >= 0.3 is 17.6 Å². The van der Waals surface area contributed by atoms with E-state index in [0.29, 0.717) is 17.5 Å².